The van der Waals surface area contributed by atoms with Gasteiger partial charge in [-0.25, -0.2) is 4.79 Å². The second-order valence-electron chi connectivity index (χ2n) is 2.93. The Morgan fingerprint density at radius 3 is 2.92 bits per heavy atom. The van der Waals surface area contributed by atoms with E-state index in [0.717, 1.165) is 5.56 Å². The molecule has 0 aliphatic heterocycles. The van der Waals surface area contributed by atoms with E-state index in [9.17, 15) is 4.79 Å². The Hall–Kier alpha value is -1.51. The Labute approximate surface area is 77.3 Å². The van der Waals surface area contributed by atoms with Gasteiger partial charge >= 0.3 is 5.97 Å². The first-order chi connectivity index (χ1) is 6.15. The largest absolute Gasteiger partial charge is 0.477 e. The second-order valence-corrected chi connectivity index (χ2v) is 2.93. The van der Waals surface area contributed by atoms with E-state index in [1.54, 1.807) is 10.6 Å². The van der Waals surface area contributed by atoms with Crippen molar-refractivity contribution in [2.45, 2.75) is 20.4 Å². The van der Waals surface area contributed by atoms with Gasteiger partial charge in [0.1, 0.15) is 5.69 Å². The van der Waals surface area contributed by atoms with Crippen molar-refractivity contribution < 1.29 is 9.90 Å². The minimum absolute atomic E-state index is 0.343. The van der Waals surface area contributed by atoms with E-state index in [1.165, 1.54) is 0 Å². The van der Waals surface area contributed by atoms with Crippen molar-refractivity contribution in [1.82, 2.24) is 4.57 Å². The molecular weight excluding hydrogens is 166 g/mol. The molecule has 0 atom stereocenters. The van der Waals surface area contributed by atoms with Crippen molar-refractivity contribution in [3.05, 3.63) is 35.7 Å². The van der Waals surface area contributed by atoms with Crippen molar-refractivity contribution in [2.24, 2.45) is 0 Å². The van der Waals surface area contributed by atoms with Crippen LogP contribution in [0, 0.1) is 6.92 Å². The van der Waals surface area contributed by atoms with Gasteiger partial charge in [0.25, 0.3) is 0 Å². The zero-order valence-electron chi connectivity index (χ0n) is 7.82. The lowest BCUT2D eigenvalue weighted by molar-refractivity contribution is 0.0686. The molecule has 1 N–H and O–H groups in total. The topological polar surface area (TPSA) is 42.2 Å². The molecule has 13 heavy (non-hydrogen) atoms. The number of aryl methyl sites for hydroxylation is 1. The zero-order valence-corrected chi connectivity index (χ0v) is 7.82. The van der Waals surface area contributed by atoms with Gasteiger partial charge in [-0.3, -0.25) is 0 Å². The van der Waals surface area contributed by atoms with Crippen LogP contribution in [0.2, 0.25) is 0 Å². The molecule has 1 heterocycles. The summed E-state index contributed by atoms with van der Waals surface area (Å²) in [6.07, 6.45) is 5.66. The quantitative estimate of drug-likeness (QED) is 0.722. The highest BCUT2D eigenvalue weighted by Gasteiger charge is 2.08. The molecule has 0 bridgehead atoms. The molecular formula is C10H13NO2. The minimum atomic E-state index is -0.877. The fourth-order valence-electron chi connectivity index (χ4n) is 1.21. The standard InChI is InChI=1S/C10H13NO2/c1-3-4-5-11-7-8(2)6-9(11)10(12)13/h3-4,6-7H,5H2,1-2H3,(H,12,13)/b4-3+. The van der Waals surface area contributed by atoms with E-state index >= 15 is 0 Å². The van der Waals surface area contributed by atoms with Crippen molar-refractivity contribution in [3.8, 4) is 0 Å². The number of aromatic nitrogens is 1. The molecule has 0 amide bonds. The Balaban J connectivity index is 2.97. The first-order valence-electron chi connectivity index (χ1n) is 4.16. The summed E-state index contributed by atoms with van der Waals surface area (Å²) in [6, 6.07) is 1.67. The van der Waals surface area contributed by atoms with Crippen LogP contribution in [0.3, 0.4) is 0 Å². The molecule has 0 saturated heterocycles. The Morgan fingerprint density at radius 2 is 2.38 bits per heavy atom. The molecule has 70 valence electrons. The van der Waals surface area contributed by atoms with Gasteiger partial charge in [-0.05, 0) is 25.5 Å². The molecule has 0 fully saturated rings. The van der Waals surface area contributed by atoms with Crippen molar-refractivity contribution in [2.75, 3.05) is 0 Å². The molecule has 3 heteroatoms. The third-order valence-corrected chi connectivity index (χ3v) is 1.79. The third kappa shape index (κ3) is 2.21. The fraction of sp³-hybridized carbons (Fsp3) is 0.300. The predicted octanol–water partition coefficient (Wildman–Crippen LogP) is 2.07. The second kappa shape index (κ2) is 3.94. The van der Waals surface area contributed by atoms with Gasteiger partial charge in [0.05, 0.1) is 0 Å². The molecule has 0 spiro atoms. The number of rotatable bonds is 3. The minimum Gasteiger partial charge on any atom is -0.477 e. The van der Waals surface area contributed by atoms with Gasteiger partial charge in [0.15, 0.2) is 0 Å². The van der Waals surface area contributed by atoms with Crippen LogP contribution in [0.4, 0.5) is 0 Å². The summed E-state index contributed by atoms with van der Waals surface area (Å²) in [5.41, 5.74) is 1.32. The highest BCUT2D eigenvalue weighted by Crippen LogP contribution is 2.07. The number of hydrogen-bond donors (Lipinski definition) is 1. The van der Waals surface area contributed by atoms with E-state index in [4.69, 9.17) is 5.11 Å². The molecule has 0 aliphatic carbocycles. The van der Waals surface area contributed by atoms with Crippen LogP contribution >= 0.6 is 0 Å². The number of aromatic carboxylic acids is 1. The maximum Gasteiger partial charge on any atom is 0.352 e. The lowest BCUT2D eigenvalue weighted by Crippen LogP contribution is -2.06. The number of allylic oxidation sites excluding steroid dienone is 2. The molecule has 0 saturated carbocycles. The molecule has 0 aliphatic rings. The number of carboxylic acid groups (broad SMARTS) is 1. The first-order valence-corrected chi connectivity index (χ1v) is 4.16. The first kappa shape index (κ1) is 9.58. The van der Waals surface area contributed by atoms with E-state index in [2.05, 4.69) is 0 Å². The van der Waals surface area contributed by atoms with Crippen molar-refractivity contribution in [1.29, 1.82) is 0 Å². The Kier molecular flexibility index (Phi) is 2.90. The van der Waals surface area contributed by atoms with Gasteiger partial charge in [0.2, 0.25) is 0 Å². The summed E-state index contributed by atoms with van der Waals surface area (Å²) in [7, 11) is 0. The molecule has 0 aromatic carbocycles. The van der Waals surface area contributed by atoms with Crippen LogP contribution < -0.4 is 0 Å². The highest BCUT2D eigenvalue weighted by atomic mass is 16.4. The zero-order chi connectivity index (χ0) is 9.84. The predicted molar refractivity (Wildman–Crippen MR) is 50.9 cm³/mol. The SMILES string of the molecule is C/C=C/Cn1cc(C)cc1C(=O)O. The van der Waals surface area contributed by atoms with Gasteiger partial charge < -0.3 is 9.67 Å². The normalized spacial score (nSPS) is 10.9. The Bertz CT molecular complexity index is 337. The summed E-state index contributed by atoms with van der Waals surface area (Å²) in [5.74, 6) is -0.877. The average Bonchev–Trinajstić information content (AvgIpc) is 2.43. The number of carbonyl (C=O) groups is 1. The van der Waals surface area contributed by atoms with Crippen LogP contribution in [0.5, 0.6) is 0 Å². The lowest BCUT2D eigenvalue weighted by atomic mass is 10.3. The smallest absolute Gasteiger partial charge is 0.352 e. The summed E-state index contributed by atoms with van der Waals surface area (Å²) in [5, 5.41) is 8.83. The molecule has 0 radical (unpaired) electrons. The summed E-state index contributed by atoms with van der Waals surface area (Å²) in [6.45, 7) is 4.42. The Morgan fingerprint density at radius 1 is 1.69 bits per heavy atom. The maximum absolute atomic E-state index is 10.8. The van der Waals surface area contributed by atoms with Crippen LogP contribution in [0.1, 0.15) is 23.0 Å². The highest BCUT2D eigenvalue weighted by molar-refractivity contribution is 5.86. The van der Waals surface area contributed by atoms with E-state index in [-0.39, 0.29) is 0 Å². The van der Waals surface area contributed by atoms with Crippen LogP contribution in [0.15, 0.2) is 24.4 Å². The number of nitrogens with zero attached hydrogens (tertiary/aromatic N) is 1. The van der Waals surface area contributed by atoms with E-state index in [1.807, 2.05) is 32.2 Å². The van der Waals surface area contributed by atoms with E-state index < -0.39 is 5.97 Å². The molecule has 1 aromatic rings. The van der Waals surface area contributed by atoms with Gasteiger partial charge in [-0.1, -0.05) is 12.2 Å². The maximum atomic E-state index is 10.8. The van der Waals surface area contributed by atoms with E-state index in [0.29, 0.717) is 12.2 Å². The van der Waals surface area contributed by atoms with Crippen LogP contribution in [-0.2, 0) is 6.54 Å². The molecule has 0 unspecified atom stereocenters. The molecule has 3 nitrogen and oxygen atoms in total. The summed E-state index contributed by atoms with van der Waals surface area (Å²) >= 11 is 0. The van der Waals surface area contributed by atoms with Crippen molar-refractivity contribution in [3.63, 3.8) is 0 Å². The monoisotopic (exact) mass is 179 g/mol. The molecule has 1 aromatic heterocycles. The summed E-state index contributed by atoms with van der Waals surface area (Å²) < 4.78 is 1.72. The fourth-order valence-corrected chi connectivity index (χ4v) is 1.21. The third-order valence-electron chi connectivity index (χ3n) is 1.79. The van der Waals surface area contributed by atoms with Gasteiger partial charge in [0, 0.05) is 12.7 Å². The average molecular weight is 179 g/mol. The van der Waals surface area contributed by atoms with Crippen LogP contribution in [-0.4, -0.2) is 15.6 Å². The van der Waals surface area contributed by atoms with Crippen LogP contribution in [0.25, 0.3) is 0 Å². The molecule has 1 rings (SSSR count). The lowest BCUT2D eigenvalue weighted by Gasteiger charge is -2.00. The van der Waals surface area contributed by atoms with Gasteiger partial charge in [-0.2, -0.15) is 0 Å². The number of carboxylic acids is 1. The van der Waals surface area contributed by atoms with Crippen molar-refractivity contribution >= 4 is 5.97 Å². The number of hydrogen-bond acceptors (Lipinski definition) is 1. The van der Waals surface area contributed by atoms with Gasteiger partial charge in [-0.15, -0.1) is 0 Å². The summed E-state index contributed by atoms with van der Waals surface area (Å²) in [4.78, 5) is 10.8.